The number of rotatable bonds is 8. The van der Waals surface area contributed by atoms with Gasteiger partial charge in [0.05, 0.1) is 11.5 Å². The van der Waals surface area contributed by atoms with Gasteiger partial charge in [-0.1, -0.05) is 24.3 Å². The number of benzene rings is 2. The molecule has 29 heavy (non-hydrogen) atoms. The van der Waals surface area contributed by atoms with E-state index >= 15 is 0 Å². The number of aromatic nitrogens is 1. The number of ether oxygens (including phenoxy) is 1. The van der Waals surface area contributed by atoms with Crippen LogP contribution in [0.3, 0.4) is 0 Å². The van der Waals surface area contributed by atoms with Gasteiger partial charge >= 0.3 is 0 Å². The molecule has 2 aromatic carbocycles. The van der Waals surface area contributed by atoms with Gasteiger partial charge in [-0.25, -0.2) is 13.1 Å². The Morgan fingerprint density at radius 2 is 1.93 bits per heavy atom. The molecular weight excluding hydrogens is 390 g/mol. The predicted molar refractivity (Wildman–Crippen MR) is 112 cm³/mol. The highest BCUT2D eigenvalue weighted by Crippen LogP contribution is 2.23. The lowest BCUT2D eigenvalue weighted by Gasteiger charge is -2.11. The number of hydrogen-bond donors (Lipinski definition) is 2. The van der Waals surface area contributed by atoms with Crippen LogP contribution in [0.5, 0.6) is 5.75 Å². The average molecular weight is 413 g/mol. The molecule has 0 saturated carbocycles. The smallest absolute Gasteiger partial charge is 0.251 e. The third kappa shape index (κ3) is 4.90. The van der Waals surface area contributed by atoms with Gasteiger partial charge in [0.1, 0.15) is 11.3 Å². The number of hydrogen-bond acceptors (Lipinski definition) is 5. The van der Waals surface area contributed by atoms with Crippen molar-refractivity contribution in [2.24, 2.45) is 0 Å². The van der Waals surface area contributed by atoms with Gasteiger partial charge in [-0.3, -0.25) is 9.78 Å². The summed E-state index contributed by atoms with van der Waals surface area (Å²) in [6, 6.07) is 14.1. The minimum Gasteiger partial charge on any atom is -0.491 e. The van der Waals surface area contributed by atoms with Crippen LogP contribution in [0.15, 0.2) is 59.6 Å². The Labute approximate surface area is 170 Å². The second kappa shape index (κ2) is 9.02. The van der Waals surface area contributed by atoms with Crippen LogP contribution in [-0.4, -0.2) is 39.5 Å². The van der Waals surface area contributed by atoms with E-state index in [0.29, 0.717) is 36.4 Å². The fourth-order valence-corrected chi connectivity index (χ4v) is 3.63. The molecule has 1 amide bonds. The minimum atomic E-state index is -3.60. The van der Waals surface area contributed by atoms with Gasteiger partial charge < -0.3 is 10.1 Å². The molecule has 0 aliphatic carbocycles. The Morgan fingerprint density at radius 1 is 1.14 bits per heavy atom. The second-order valence-electron chi connectivity index (χ2n) is 6.47. The maximum Gasteiger partial charge on any atom is 0.251 e. The van der Waals surface area contributed by atoms with Gasteiger partial charge in [-0.2, -0.15) is 0 Å². The molecule has 1 heterocycles. The third-order valence-electron chi connectivity index (χ3n) is 4.49. The number of nitrogens with zero attached hydrogens (tertiary/aromatic N) is 1. The van der Waals surface area contributed by atoms with Gasteiger partial charge in [-0.05, 0) is 50.2 Å². The molecule has 7 nitrogen and oxygen atoms in total. The van der Waals surface area contributed by atoms with Gasteiger partial charge in [0, 0.05) is 23.7 Å². The standard InChI is InChI=1S/C21H23N3O4S/c1-15-9-10-17(29(26,27)22-2)14-18(15)21(25)24-12-5-13-28-19-8-3-6-16-7-4-11-23-20(16)19/h3-4,6-11,14,22H,5,12-13H2,1-2H3,(H,24,25). The molecule has 0 atom stereocenters. The first-order valence-electron chi connectivity index (χ1n) is 9.21. The van der Waals surface area contributed by atoms with Crippen molar-refractivity contribution in [1.82, 2.24) is 15.0 Å². The van der Waals surface area contributed by atoms with Crippen LogP contribution in [0.2, 0.25) is 0 Å². The van der Waals surface area contributed by atoms with Gasteiger partial charge in [0.15, 0.2) is 0 Å². The molecule has 1 aromatic heterocycles. The molecule has 0 aliphatic rings. The zero-order valence-corrected chi connectivity index (χ0v) is 17.1. The van der Waals surface area contributed by atoms with Crippen molar-refractivity contribution < 1.29 is 17.9 Å². The van der Waals surface area contributed by atoms with Crippen LogP contribution >= 0.6 is 0 Å². The van der Waals surface area contributed by atoms with Gasteiger partial charge in [-0.15, -0.1) is 0 Å². The van der Waals surface area contributed by atoms with Gasteiger partial charge in [0.25, 0.3) is 5.91 Å². The summed E-state index contributed by atoms with van der Waals surface area (Å²) in [4.78, 5) is 16.9. The zero-order valence-electron chi connectivity index (χ0n) is 16.3. The number of carbonyl (C=O) groups is 1. The summed E-state index contributed by atoms with van der Waals surface area (Å²) in [6.07, 6.45) is 2.32. The van der Waals surface area contributed by atoms with E-state index in [0.717, 1.165) is 10.9 Å². The number of para-hydroxylation sites is 1. The molecule has 0 unspecified atom stereocenters. The van der Waals surface area contributed by atoms with Crippen LogP contribution < -0.4 is 14.8 Å². The highest BCUT2D eigenvalue weighted by Gasteiger charge is 2.16. The lowest BCUT2D eigenvalue weighted by Crippen LogP contribution is -2.27. The van der Waals surface area contributed by atoms with E-state index in [1.165, 1.54) is 19.2 Å². The Hall–Kier alpha value is -2.97. The lowest BCUT2D eigenvalue weighted by molar-refractivity contribution is 0.0950. The number of carbonyl (C=O) groups excluding carboxylic acids is 1. The van der Waals surface area contributed by atoms with Gasteiger partial charge in [0.2, 0.25) is 10.0 Å². The van der Waals surface area contributed by atoms with Crippen molar-refractivity contribution in [3.63, 3.8) is 0 Å². The second-order valence-corrected chi connectivity index (χ2v) is 8.36. The molecule has 2 N–H and O–H groups in total. The van der Waals surface area contributed by atoms with Crippen molar-refractivity contribution in [2.75, 3.05) is 20.2 Å². The number of aryl methyl sites for hydroxylation is 1. The van der Waals surface area contributed by atoms with E-state index in [9.17, 15) is 13.2 Å². The number of fused-ring (bicyclic) bond motifs is 1. The number of pyridine rings is 1. The zero-order chi connectivity index (χ0) is 20.9. The molecule has 3 rings (SSSR count). The van der Waals surface area contributed by atoms with Crippen molar-refractivity contribution in [3.05, 3.63) is 65.9 Å². The van der Waals surface area contributed by atoms with E-state index in [4.69, 9.17) is 4.74 Å². The molecule has 0 saturated heterocycles. The van der Waals surface area contributed by atoms with Crippen LogP contribution in [0.25, 0.3) is 10.9 Å². The lowest BCUT2D eigenvalue weighted by atomic mass is 10.1. The van der Waals surface area contributed by atoms with Crippen LogP contribution in [0.1, 0.15) is 22.3 Å². The SMILES string of the molecule is CNS(=O)(=O)c1ccc(C)c(C(=O)NCCCOc2cccc3cccnc23)c1. The summed E-state index contributed by atoms with van der Waals surface area (Å²) >= 11 is 0. The highest BCUT2D eigenvalue weighted by atomic mass is 32.2. The number of sulfonamides is 1. The number of nitrogens with one attached hydrogen (secondary N) is 2. The van der Waals surface area contributed by atoms with Crippen molar-refractivity contribution >= 4 is 26.8 Å². The first-order valence-corrected chi connectivity index (χ1v) is 10.7. The van der Waals surface area contributed by atoms with E-state index in [1.807, 2.05) is 30.3 Å². The van der Waals surface area contributed by atoms with E-state index in [-0.39, 0.29) is 10.8 Å². The first-order chi connectivity index (χ1) is 13.9. The highest BCUT2D eigenvalue weighted by molar-refractivity contribution is 7.89. The Kier molecular flexibility index (Phi) is 6.46. The molecule has 0 spiro atoms. The van der Waals surface area contributed by atoms with E-state index < -0.39 is 10.0 Å². The van der Waals surface area contributed by atoms with Crippen molar-refractivity contribution in [3.8, 4) is 5.75 Å². The normalized spacial score (nSPS) is 11.4. The molecule has 3 aromatic rings. The molecule has 0 aliphatic heterocycles. The minimum absolute atomic E-state index is 0.0579. The predicted octanol–water partition coefficient (Wildman–Crippen LogP) is 2.65. The molecule has 0 bridgehead atoms. The Morgan fingerprint density at radius 3 is 2.72 bits per heavy atom. The van der Waals surface area contributed by atoms with Crippen LogP contribution in [-0.2, 0) is 10.0 Å². The molecule has 0 radical (unpaired) electrons. The van der Waals surface area contributed by atoms with E-state index in [2.05, 4.69) is 15.0 Å². The summed E-state index contributed by atoms with van der Waals surface area (Å²) in [5.74, 6) is 0.387. The summed E-state index contributed by atoms with van der Waals surface area (Å²) in [5.41, 5.74) is 1.84. The largest absolute Gasteiger partial charge is 0.491 e. The van der Waals surface area contributed by atoms with Crippen LogP contribution in [0, 0.1) is 6.92 Å². The number of amides is 1. The summed E-state index contributed by atoms with van der Waals surface area (Å²) in [7, 11) is -2.27. The summed E-state index contributed by atoms with van der Waals surface area (Å²) in [5, 5.41) is 3.81. The molecule has 0 fully saturated rings. The third-order valence-corrected chi connectivity index (χ3v) is 5.90. The average Bonchev–Trinajstić information content (AvgIpc) is 2.73. The summed E-state index contributed by atoms with van der Waals surface area (Å²) < 4.78 is 32.0. The van der Waals surface area contributed by atoms with Crippen molar-refractivity contribution in [1.29, 1.82) is 0 Å². The molecular formula is C21H23N3O4S. The van der Waals surface area contributed by atoms with Crippen molar-refractivity contribution in [2.45, 2.75) is 18.2 Å². The summed E-state index contributed by atoms with van der Waals surface area (Å²) in [6.45, 7) is 2.59. The maximum absolute atomic E-state index is 12.5. The molecule has 152 valence electrons. The monoisotopic (exact) mass is 413 g/mol. The Balaban J connectivity index is 1.56. The first kappa shape index (κ1) is 20.8. The fourth-order valence-electron chi connectivity index (χ4n) is 2.87. The van der Waals surface area contributed by atoms with E-state index in [1.54, 1.807) is 19.2 Å². The quantitative estimate of drug-likeness (QED) is 0.554. The molecule has 8 heteroatoms. The Bertz CT molecular complexity index is 1120. The maximum atomic E-state index is 12.5. The van der Waals surface area contributed by atoms with Crippen LogP contribution in [0.4, 0.5) is 0 Å². The topological polar surface area (TPSA) is 97.4 Å². The fraction of sp³-hybridized carbons (Fsp3) is 0.238.